The Bertz CT molecular complexity index is 1290. The van der Waals surface area contributed by atoms with Crippen LogP contribution < -0.4 is 10.4 Å². The second kappa shape index (κ2) is 9.34. The number of benzene rings is 3. The van der Waals surface area contributed by atoms with Gasteiger partial charge >= 0.3 is 11.6 Å². The number of hydrogen-bond acceptors (Lipinski definition) is 6. The first kappa shape index (κ1) is 21.1. The van der Waals surface area contributed by atoms with Gasteiger partial charge in [0, 0.05) is 6.42 Å². The molecule has 6 nitrogen and oxygen atoms in total. The Hall–Kier alpha value is -4.13. The second-order valence-corrected chi connectivity index (χ2v) is 7.02. The fraction of sp³-hybridized carbons (Fsp3) is 0.120. The topological polar surface area (TPSA) is 86.0 Å². The fourth-order valence-corrected chi connectivity index (χ4v) is 3.20. The van der Waals surface area contributed by atoms with E-state index in [1.54, 1.807) is 48.5 Å². The summed E-state index contributed by atoms with van der Waals surface area (Å²) < 4.78 is 28.7. The first-order valence-electron chi connectivity index (χ1n) is 9.89. The van der Waals surface area contributed by atoms with Gasteiger partial charge in [-0.3, -0.25) is 0 Å². The average molecular weight is 434 g/mol. The van der Waals surface area contributed by atoms with Crippen molar-refractivity contribution < 1.29 is 28.2 Å². The highest BCUT2D eigenvalue weighted by atomic mass is 19.1. The van der Waals surface area contributed by atoms with Gasteiger partial charge < -0.3 is 19.0 Å². The number of aromatic hydroxyl groups is 1. The third-order valence-corrected chi connectivity index (χ3v) is 4.85. The number of carbonyl (C=O) groups is 1. The molecule has 32 heavy (non-hydrogen) atoms. The van der Waals surface area contributed by atoms with Crippen LogP contribution in [0.5, 0.6) is 11.5 Å². The van der Waals surface area contributed by atoms with E-state index in [0.29, 0.717) is 22.3 Å². The Morgan fingerprint density at radius 3 is 2.41 bits per heavy atom. The third-order valence-electron chi connectivity index (χ3n) is 4.85. The predicted octanol–water partition coefficient (Wildman–Crippen LogP) is 4.46. The summed E-state index contributed by atoms with van der Waals surface area (Å²) in [5, 5.41) is 10.9. The molecular formula is C25H19FO6. The van der Waals surface area contributed by atoms with E-state index in [1.807, 2.05) is 0 Å². The second-order valence-electron chi connectivity index (χ2n) is 7.02. The number of para-hydroxylation sites is 1. The summed E-state index contributed by atoms with van der Waals surface area (Å²) in [7, 11) is 0. The lowest BCUT2D eigenvalue weighted by atomic mass is 10.0. The smallest absolute Gasteiger partial charge is 0.343 e. The van der Waals surface area contributed by atoms with Gasteiger partial charge in [-0.15, -0.1) is 0 Å². The Morgan fingerprint density at radius 2 is 1.66 bits per heavy atom. The van der Waals surface area contributed by atoms with Crippen molar-refractivity contribution in [2.24, 2.45) is 0 Å². The molecule has 0 radical (unpaired) electrons. The van der Waals surface area contributed by atoms with Crippen LogP contribution in [0.2, 0.25) is 0 Å². The van der Waals surface area contributed by atoms with Gasteiger partial charge in [0.15, 0.2) is 0 Å². The van der Waals surface area contributed by atoms with E-state index < -0.39 is 11.6 Å². The maximum Gasteiger partial charge on any atom is 0.343 e. The number of esters is 1. The largest absolute Gasteiger partial charge is 0.507 e. The van der Waals surface area contributed by atoms with Crippen molar-refractivity contribution >= 4 is 16.9 Å². The molecule has 0 bridgehead atoms. The quantitative estimate of drug-likeness (QED) is 0.263. The van der Waals surface area contributed by atoms with E-state index in [0.717, 1.165) is 5.56 Å². The van der Waals surface area contributed by atoms with E-state index in [2.05, 4.69) is 0 Å². The molecule has 0 aliphatic rings. The maximum absolute atomic E-state index is 12.9. The number of carbonyl (C=O) groups excluding carboxylic acids is 1. The molecule has 0 fully saturated rings. The minimum absolute atomic E-state index is 0.0317. The lowest BCUT2D eigenvalue weighted by Gasteiger charge is -2.09. The first-order valence-corrected chi connectivity index (χ1v) is 9.89. The summed E-state index contributed by atoms with van der Waals surface area (Å²) in [6.07, 6.45) is 0.153. The number of ether oxygens (including phenoxy) is 2. The van der Waals surface area contributed by atoms with Crippen molar-refractivity contribution in [3.05, 3.63) is 106 Å². The van der Waals surface area contributed by atoms with Crippen molar-refractivity contribution in [1.29, 1.82) is 0 Å². The van der Waals surface area contributed by atoms with Gasteiger partial charge in [0.2, 0.25) is 0 Å². The van der Waals surface area contributed by atoms with Crippen molar-refractivity contribution in [3.8, 4) is 11.5 Å². The van der Waals surface area contributed by atoms with Crippen LogP contribution in [0.15, 0.2) is 82.0 Å². The van der Waals surface area contributed by atoms with Crippen LogP contribution >= 0.6 is 0 Å². The molecular weight excluding hydrogens is 415 g/mol. The van der Waals surface area contributed by atoms with Gasteiger partial charge in [0.05, 0.1) is 16.5 Å². The zero-order valence-electron chi connectivity index (χ0n) is 16.9. The monoisotopic (exact) mass is 434 g/mol. The fourth-order valence-electron chi connectivity index (χ4n) is 3.20. The summed E-state index contributed by atoms with van der Waals surface area (Å²) >= 11 is 0. The maximum atomic E-state index is 12.9. The van der Waals surface area contributed by atoms with Crippen LogP contribution in [-0.4, -0.2) is 24.3 Å². The molecule has 1 N–H and O–H groups in total. The standard InChI is InChI=1S/C25H19FO6/c26-18-9-11-19(12-10-18)30-13-14-31-24(28)17-7-5-16(6-8-17)15-21-23(27)20-3-1-2-4-22(20)32-25(21)29/h1-12,27H,13-15H2. The minimum Gasteiger partial charge on any atom is -0.507 e. The van der Waals surface area contributed by atoms with Gasteiger partial charge in [-0.25, -0.2) is 14.0 Å². The summed E-state index contributed by atoms with van der Waals surface area (Å²) in [5.74, 6) is -0.508. The Kier molecular flexibility index (Phi) is 6.17. The highest BCUT2D eigenvalue weighted by Crippen LogP contribution is 2.27. The normalized spacial score (nSPS) is 10.8. The highest BCUT2D eigenvalue weighted by Gasteiger charge is 2.15. The van der Waals surface area contributed by atoms with Gasteiger partial charge in [-0.05, 0) is 54.1 Å². The molecule has 1 aromatic heterocycles. The molecule has 162 valence electrons. The van der Waals surface area contributed by atoms with E-state index in [9.17, 15) is 19.1 Å². The number of fused-ring (bicyclic) bond motifs is 1. The van der Waals surface area contributed by atoms with Crippen molar-refractivity contribution in [2.45, 2.75) is 6.42 Å². The molecule has 0 atom stereocenters. The molecule has 0 amide bonds. The Labute approximate surface area is 182 Å². The summed E-state index contributed by atoms with van der Waals surface area (Å²) in [6.45, 7) is 0.163. The Balaban J connectivity index is 1.36. The van der Waals surface area contributed by atoms with Crippen molar-refractivity contribution in [1.82, 2.24) is 0 Å². The number of rotatable bonds is 7. The zero-order valence-corrected chi connectivity index (χ0v) is 16.9. The lowest BCUT2D eigenvalue weighted by Crippen LogP contribution is -2.12. The molecule has 0 unspecified atom stereocenters. The van der Waals surface area contributed by atoms with E-state index >= 15 is 0 Å². The van der Waals surface area contributed by atoms with Crippen LogP contribution in [-0.2, 0) is 11.2 Å². The molecule has 4 aromatic rings. The molecule has 0 spiro atoms. The summed E-state index contributed by atoms with van der Waals surface area (Å²) in [4.78, 5) is 24.5. The first-order chi connectivity index (χ1) is 15.5. The third kappa shape index (κ3) is 4.78. The van der Waals surface area contributed by atoms with Gasteiger partial charge in [-0.2, -0.15) is 0 Å². The minimum atomic E-state index is -0.606. The van der Waals surface area contributed by atoms with Crippen LogP contribution in [0.3, 0.4) is 0 Å². The SMILES string of the molecule is O=C(OCCOc1ccc(F)cc1)c1ccc(Cc2c(O)c3ccccc3oc2=O)cc1. The zero-order chi connectivity index (χ0) is 22.5. The van der Waals surface area contributed by atoms with Gasteiger partial charge in [0.1, 0.15) is 36.1 Å². The van der Waals surface area contributed by atoms with Crippen molar-refractivity contribution in [2.75, 3.05) is 13.2 Å². The average Bonchev–Trinajstić information content (AvgIpc) is 2.81. The van der Waals surface area contributed by atoms with Crippen molar-refractivity contribution in [3.63, 3.8) is 0 Å². The molecule has 0 saturated heterocycles. The van der Waals surface area contributed by atoms with Gasteiger partial charge in [0.25, 0.3) is 0 Å². The molecule has 0 saturated carbocycles. The molecule has 0 aliphatic carbocycles. The predicted molar refractivity (Wildman–Crippen MR) is 116 cm³/mol. The highest BCUT2D eigenvalue weighted by molar-refractivity contribution is 5.89. The van der Waals surface area contributed by atoms with Crippen LogP contribution in [0.25, 0.3) is 11.0 Å². The summed E-state index contributed by atoms with van der Waals surface area (Å²) in [6, 6.07) is 18.8. The molecule has 7 heteroatoms. The molecule has 4 rings (SSSR count). The van der Waals surface area contributed by atoms with Crippen LogP contribution in [0, 0.1) is 5.82 Å². The van der Waals surface area contributed by atoms with E-state index in [-0.39, 0.29) is 36.8 Å². The number of halogens is 1. The molecule has 0 aliphatic heterocycles. The molecule has 3 aromatic carbocycles. The number of hydrogen-bond donors (Lipinski definition) is 1. The summed E-state index contributed by atoms with van der Waals surface area (Å²) in [5.41, 5.74) is 0.924. The Morgan fingerprint density at radius 1 is 0.938 bits per heavy atom. The van der Waals surface area contributed by atoms with Crippen LogP contribution in [0.1, 0.15) is 21.5 Å². The van der Waals surface area contributed by atoms with Crippen LogP contribution in [0.4, 0.5) is 4.39 Å². The lowest BCUT2D eigenvalue weighted by molar-refractivity contribution is 0.0450. The van der Waals surface area contributed by atoms with E-state index in [1.165, 1.54) is 24.3 Å². The molecule has 1 heterocycles. The van der Waals surface area contributed by atoms with Gasteiger partial charge in [-0.1, -0.05) is 24.3 Å². The van der Waals surface area contributed by atoms with E-state index in [4.69, 9.17) is 13.9 Å².